The molecule has 1 rings (SSSR count). The van der Waals surface area contributed by atoms with E-state index in [0.29, 0.717) is 5.69 Å². The van der Waals surface area contributed by atoms with Crippen molar-refractivity contribution in [3.05, 3.63) is 24.0 Å². The first kappa shape index (κ1) is 11.8. The van der Waals surface area contributed by atoms with Gasteiger partial charge in [0.05, 0.1) is 12.6 Å². The molecule has 15 heavy (non-hydrogen) atoms. The first-order chi connectivity index (χ1) is 7.06. The minimum atomic E-state index is -0.188. The number of hydrogen-bond acceptors (Lipinski definition) is 2. The Morgan fingerprint density at radius 2 is 2.27 bits per heavy atom. The molecule has 0 aliphatic carbocycles. The molecule has 84 valence electrons. The number of nitrogens with zero attached hydrogens (tertiary/aromatic N) is 1. The standard InChI is InChI=1S/C11H18N2O2/c1-8(2)9(7-14)12-11(15)10-5-4-6-13(10)3/h4-6,8-9,14H,7H2,1-3H3,(H,12,15)/t9-/m1/s1. The summed E-state index contributed by atoms with van der Waals surface area (Å²) in [4.78, 5) is 11.8. The number of carbonyl (C=O) groups is 1. The molecule has 0 saturated heterocycles. The highest BCUT2D eigenvalue weighted by molar-refractivity contribution is 5.92. The van der Waals surface area contributed by atoms with Gasteiger partial charge in [-0.3, -0.25) is 4.79 Å². The van der Waals surface area contributed by atoms with Gasteiger partial charge in [0.2, 0.25) is 0 Å². The van der Waals surface area contributed by atoms with Gasteiger partial charge in [0.25, 0.3) is 5.91 Å². The lowest BCUT2D eigenvalue weighted by Gasteiger charge is -2.19. The molecule has 0 spiro atoms. The van der Waals surface area contributed by atoms with E-state index in [1.807, 2.05) is 33.2 Å². The summed E-state index contributed by atoms with van der Waals surface area (Å²) in [5, 5.41) is 11.9. The van der Waals surface area contributed by atoms with Crippen molar-refractivity contribution in [1.82, 2.24) is 9.88 Å². The van der Waals surface area contributed by atoms with Gasteiger partial charge in [-0.15, -0.1) is 0 Å². The largest absolute Gasteiger partial charge is 0.394 e. The topological polar surface area (TPSA) is 54.3 Å². The molecule has 0 bridgehead atoms. The van der Waals surface area contributed by atoms with Crippen molar-refractivity contribution in [3.8, 4) is 0 Å². The summed E-state index contributed by atoms with van der Waals surface area (Å²) in [5.74, 6) is 0.0782. The van der Waals surface area contributed by atoms with E-state index in [0.717, 1.165) is 0 Å². The highest BCUT2D eigenvalue weighted by Gasteiger charge is 2.17. The zero-order chi connectivity index (χ0) is 11.4. The fourth-order valence-electron chi connectivity index (χ4n) is 1.36. The summed E-state index contributed by atoms with van der Waals surface area (Å²) in [7, 11) is 1.82. The summed E-state index contributed by atoms with van der Waals surface area (Å²) >= 11 is 0. The zero-order valence-corrected chi connectivity index (χ0v) is 9.40. The van der Waals surface area contributed by atoms with Crippen LogP contribution in [0.5, 0.6) is 0 Å². The van der Waals surface area contributed by atoms with Gasteiger partial charge in [-0.25, -0.2) is 0 Å². The third-order valence-corrected chi connectivity index (χ3v) is 2.49. The monoisotopic (exact) mass is 210 g/mol. The summed E-state index contributed by atoms with van der Waals surface area (Å²) in [6.07, 6.45) is 1.82. The van der Waals surface area contributed by atoms with Crippen LogP contribution in [0.25, 0.3) is 0 Å². The fourth-order valence-corrected chi connectivity index (χ4v) is 1.36. The van der Waals surface area contributed by atoms with Crippen molar-refractivity contribution >= 4 is 5.91 Å². The number of amides is 1. The Kier molecular flexibility index (Phi) is 3.91. The van der Waals surface area contributed by atoms with Crippen LogP contribution in [-0.4, -0.2) is 28.2 Å². The van der Waals surface area contributed by atoms with Crippen LogP contribution >= 0.6 is 0 Å². The van der Waals surface area contributed by atoms with Crippen LogP contribution < -0.4 is 5.32 Å². The maximum Gasteiger partial charge on any atom is 0.268 e. The summed E-state index contributed by atoms with van der Waals surface area (Å²) < 4.78 is 1.75. The molecule has 0 aliphatic heterocycles. The number of aliphatic hydroxyl groups is 1. The summed E-state index contributed by atoms with van der Waals surface area (Å²) in [6, 6.07) is 3.38. The molecular formula is C11H18N2O2. The molecular weight excluding hydrogens is 192 g/mol. The van der Waals surface area contributed by atoms with Crippen LogP contribution in [-0.2, 0) is 7.05 Å². The smallest absolute Gasteiger partial charge is 0.268 e. The van der Waals surface area contributed by atoms with Crippen LogP contribution in [0.3, 0.4) is 0 Å². The Bertz CT molecular complexity index is 331. The minimum absolute atomic E-state index is 0.0339. The Morgan fingerprint density at radius 1 is 1.60 bits per heavy atom. The molecule has 0 fully saturated rings. The van der Waals surface area contributed by atoms with Crippen molar-refractivity contribution in [2.24, 2.45) is 13.0 Å². The lowest BCUT2D eigenvalue weighted by atomic mass is 10.1. The predicted octanol–water partition coefficient (Wildman–Crippen LogP) is 0.772. The van der Waals surface area contributed by atoms with Gasteiger partial charge in [-0.2, -0.15) is 0 Å². The SMILES string of the molecule is CC(C)[C@@H](CO)NC(=O)c1cccn1C. The van der Waals surface area contributed by atoms with E-state index in [-0.39, 0.29) is 24.5 Å². The van der Waals surface area contributed by atoms with E-state index in [1.54, 1.807) is 10.6 Å². The zero-order valence-electron chi connectivity index (χ0n) is 9.40. The highest BCUT2D eigenvalue weighted by Crippen LogP contribution is 2.04. The van der Waals surface area contributed by atoms with E-state index < -0.39 is 0 Å². The Morgan fingerprint density at radius 3 is 2.67 bits per heavy atom. The van der Waals surface area contributed by atoms with Crippen molar-refractivity contribution in [1.29, 1.82) is 0 Å². The van der Waals surface area contributed by atoms with Gasteiger partial charge in [-0.05, 0) is 18.1 Å². The van der Waals surface area contributed by atoms with Gasteiger partial charge >= 0.3 is 0 Å². The second kappa shape index (κ2) is 4.98. The number of aryl methyl sites for hydroxylation is 1. The second-order valence-electron chi connectivity index (χ2n) is 4.01. The van der Waals surface area contributed by atoms with Crippen LogP contribution in [0, 0.1) is 5.92 Å². The number of hydrogen-bond donors (Lipinski definition) is 2. The first-order valence-corrected chi connectivity index (χ1v) is 5.09. The molecule has 0 aromatic carbocycles. The maximum atomic E-state index is 11.8. The van der Waals surface area contributed by atoms with E-state index in [2.05, 4.69) is 5.32 Å². The van der Waals surface area contributed by atoms with Crippen molar-refractivity contribution in [2.45, 2.75) is 19.9 Å². The highest BCUT2D eigenvalue weighted by atomic mass is 16.3. The van der Waals surface area contributed by atoms with E-state index in [4.69, 9.17) is 5.11 Å². The van der Waals surface area contributed by atoms with Crippen molar-refractivity contribution in [3.63, 3.8) is 0 Å². The lowest BCUT2D eigenvalue weighted by molar-refractivity contribution is 0.0888. The van der Waals surface area contributed by atoms with Crippen LogP contribution in [0.4, 0.5) is 0 Å². The van der Waals surface area contributed by atoms with Gasteiger partial charge in [0, 0.05) is 13.2 Å². The van der Waals surface area contributed by atoms with Gasteiger partial charge in [0.15, 0.2) is 0 Å². The Hall–Kier alpha value is -1.29. The average Bonchev–Trinajstić information content (AvgIpc) is 2.60. The van der Waals surface area contributed by atoms with Crippen LogP contribution in [0.2, 0.25) is 0 Å². The quantitative estimate of drug-likeness (QED) is 0.771. The van der Waals surface area contributed by atoms with Crippen molar-refractivity contribution in [2.75, 3.05) is 6.61 Å². The second-order valence-corrected chi connectivity index (χ2v) is 4.01. The van der Waals surface area contributed by atoms with Gasteiger partial charge in [-0.1, -0.05) is 13.8 Å². The third-order valence-electron chi connectivity index (χ3n) is 2.49. The van der Waals surface area contributed by atoms with Crippen molar-refractivity contribution < 1.29 is 9.90 Å². The molecule has 0 unspecified atom stereocenters. The average molecular weight is 210 g/mol. The fraction of sp³-hybridized carbons (Fsp3) is 0.545. The maximum absolute atomic E-state index is 11.8. The third kappa shape index (κ3) is 2.83. The summed E-state index contributed by atoms with van der Waals surface area (Å²) in [6.45, 7) is 3.89. The van der Waals surface area contributed by atoms with Gasteiger partial charge in [0.1, 0.15) is 5.69 Å². The molecule has 0 saturated carbocycles. The minimum Gasteiger partial charge on any atom is -0.394 e. The van der Waals surface area contributed by atoms with E-state index in [9.17, 15) is 4.79 Å². The molecule has 1 aromatic rings. The normalized spacial score (nSPS) is 12.9. The molecule has 4 heteroatoms. The number of aromatic nitrogens is 1. The molecule has 4 nitrogen and oxygen atoms in total. The van der Waals surface area contributed by atoms with E-state index in [1.165, 1.54) is 0 Å². The molecule has 1 heterocycles. The predicted molar refractivity (Wildman–Crippen MR) is 58.6 cm³/mol. The number of carbonyl (C=O) groups excluding carboxylic acids is 1. The van der Waals surface area contributed by atoms with E-state index >= 15 is 0 Å². The van der Waals surface area contributed by atoms with Gasteiger partial charge < -0.3 is 15.0 Å². The lowest BCUT2D eigenvalue weighted by Crippen LogP contribution is -2.41. The number of aliphatic hydroxyl groups excluding tert-OH is 1. The molecule has 1 amide bonds. The van der Waals surface area contributed by atoms with Crippen LogP contribution in [0.15, 0.2) is 18.3 Å². The first-order valence-electron chi connectivity index (χ1n) is 5.09. The molecule has 0 radical (unpaired) electrons. The Balaban J connectivity index is 2.67. The molecule has 0 aliphatic rings. The molecule has 1 aromatic heterocycles. The number of nitrogens with one attached hydrogen (secondary N) is 1. The molecule has 1 atom stereocenters. The Labute approximate surface area is 89.9 Å². The molecule has 2 N–H and O–H groups in total. The number of rotatable bonds is 4. The van der Waals surface area contributed by atoms with Crippen LogP contribution in [0.1, 0.15) is 24.3 Å². The summed E-state index contributed by atoms with van der Waals surface area (Å²) in [5.41, 5.74) is 0.606.